The quantitative estimate of drug-likeness (QED) is 0.546. The topological polar surface area (TPSA) is 68.7 Å². The van der Waals surface area contributed by atoms with Crippen molar-refractivity contribution in [3.05, 3.63) is 40.0 Å². The summed E-state index contributed by atoms with van der Waals surface area (Å²) >= 11 is 1.70. The molecule has 0 spiro atoms. The van der Waals surface area contributed by atoms with Gasteiger partial charge in [0.25, 0.3) is 0 Å². The lowest BCUT2D eigenvalue weighted by Gasteiger charge is -2.34. The van der Waals surface area contributed by atoms with Crippen molar-refractivity contribution in [1.82, 2.24) is 25.5 Å². The first kappa shape index (κ1) is 20.5. The lowest BCUT2D eigenvalue weighted by molar-refractivity contribution is 0.312. The third kappa shape index (κ3) is 5.90. The Morgan fingerprint density at radius 3 is 2.79 bits per heavy atom. The molecule has 0 aromatic carbocycles. The molecule has 0 bridgehead atoms. The first-order valence-electron chi connectivity index (χ1n) is 9.96. The highest BCUT2D eigenvalue weighted by Crippen LogP contribution is 2.19. The van der Waals surface area contributed by atoms with Crippen LogP contribution in [0.4, 0.5) is 5.82 Å². The second kappa shape index (κ2) is 10.4. The maximum Gasteiger partial charge on any atom is 0.191 e. The molecule has 0 saturated carbocycles. The number of guanidine groups is 1. The average molecular weight is 402 g/mol. The van der Waals surface area contributed by atoms with Crippen molar-refractivity contribution in [3.63, 3.8) is 0 Å². The van der Waals surface area contributed by atoms with Gasteiger partial charge in [0.1, 0.15) is 5.82 Å². The van der Waals surface area contributed by atoms with Crippen molar-refractivity contribution >= 4 is 23.1 Å². The summed E-state index contributed by atoms with van der Waals surface area (Å²) in [5, 5.41) is 9.98. The summed E-state index contributed by atoms with van der Waals surface area (Å²) in [6.45, 7) is 10.5. The number of pyridine rings is 1. The molecule has 0 aliphatic carbocycles. The van der Waals surface area contributed by atoms with Crippen LogP contribution in [0.5, 0.6) is 0 Å². The van der Waals surface area contributed by atoms with Crippen LogP contribution in [0.15, 0.2) is 28.7 Å². The van der Waals surface area contributed by atoms with E-state index in [1.165, 1.54) is 5.56 Å². The van der Waals surface area contributed by atoms with E-state index in [9.17, 15) is 0 Å². The van der Waals surface area contributed by atoms with E-state index >= 15 is 0 Å². The largest absolute Gasteiger partial charge is 0.357 e. The number of anilines is 1. The van der Waals surface area contributed by atoms with Gasteiger partial charge >= 0.3 is 0 Å². The fourth-order valence-corrected chi connectivity index (χ4v) is 3.84. The third-order valence-corrected chi connectivity index (χ3v) is 5.58. The highest BCUT2D eigenvalue weighted by Gasteiger charge is 2.17. The molecular formula is C20H31N7S. The van der Waals surface area contributed by atoms with Crippen molar-refractivity contribution in [2.75, 3.05) is 51.2 Å². The number of nitrogens with one attached hydrogen (secondary N) is 2. The Hall–Kier alpha value is -2.19. The summed E-state index contributed by atoms with van der Waals surface area (Å²) in [4.78, 5) is 18.7. The molecule has 0 atom stereocenters. The number of aryl methyl sites for hydroxylation is 1. The lowest BCUT2D eigenvalue weighted by Crippen LogP contribution is -2.45. The van der Waals surface area contributed by atoms with E-state index in [2.05, 4.69) is 55.8 Å². The monoisotopic (exact) mass is 401 g/mol. The Labute approximate surface area is 171 Å². The van der Waals surface area contributed by atoms with Gasteiger partial charge in [0.05, 0.1) is 17.2 Å². The number of thiazole rings is 1. The first-order valence-corrected chi connectivity index (χ1v) is 10.8. The highest BCUT2D eigenvalue weighted by atomic mass is 32.1. The molecular weight excluding hydrogens is 370 g/mol. The number of rotatable bonds is 7. The van der Waals surface area contributed by atoms with Crippen LogP contribution in [0, 0.1) is 6.92 Å². The van der Waals surface area contributed by atoms with Gasteiger partial charge in [-0.25, -0.2) is 15.0 Å². The van der Waals surface area contributed by atoms with Crippen LogP contribution < -0.4 is 15.5 Å². The second-order valence-electron chi connectivity index (χ2n) is 7.01. The minimum atomic E-state index is 0.612. The molecule has 3 heterocycles. The molecule has 1 fully saturated rings. The van der Waals surface area contributed by atoms with Gasteiger partial charge in [-0.1, -0.05) is 6.07 Å². The van der Waals surface area contributed by atoms with Crippen LogP contribution >= 0.6 is 11.3 Å². The zero-order valence-electron chi connectivity index (χ0n) is 17.1. The van der Waals surface area contributed by atoms with Gasteiger partial charge in [-0.05, 0) is 27.0 Å². The van der Waals surface area contributed by atoms with Gasteiger partial charge < -0.3 is 20.4 Å². The van der Waals surface area contributed by atoms with Gasteiger partial charge in [0.15, 0.2) is 5.96 Å². The van der Waals surface area contributed by atoms with Gasteiger partial charge in [0.2, 0.25) is 0 Å². The Morgan fingerprint density at radius 1 is 1.25 bits per heavy atom. The second-order valence-corrected chi connectivity index (χ2v) is 8.07. The minimum absolute atomic E-state index is 0.612. The summed E-state index contributed by atoms with van der Waals surface area (Å²) in [5.41, 5.74) is 2.30. The van der Waals surface area contributed by atoms with Crippen molar-refractivity contribution in [2.24, 2.45) is 4.99 Å². The third-order valence-electron chi connectivity index (χ3n) is 4.76. The van der Waals surface area contributed by atoms with Crippen LogP contribution in [-0.4, -0.2) is 67.1 Å². The summed E-state index contributed by atoms with van der Waals surface area (Å²) in [5.74, 6) is 1.90. The SMILES string of the molecule is CCNC(=NCc1cccnc1N1CCN(C)CC1)NCCc1csc(C)n1. The molecule has 3 rings (SSSR count). The zero-order valence-corrected chi connectivity index (χ0v) is 17.9. The molecule has 8 heteroatoms. The highest BCUT2D eigenvalue weighted by molar-refractivity contribution is 7.09. The predicted molar refractivity (Wildman–Crippen MR) is 117 cm³/mol. The average Bonchev–Trinajstić information content (AvgIpc) is 3.12. The van der Waals surface area contributed by atoms with Crippen molar-refractivity contribution in [1.29, 1.82) is 0 Å². The first-order chi connectivity index (χ1) is 13.7. The van der Waals surface area contributed by atoms with Crippen molar-refractivity contribution in [3.8, 4) is 0 Å². The number of nitrogens with zero attached hydrogens (tertiary/aromatic N) is 5. The van der Waals surface area contributed by atoms with E-state index in [0.29, 0.717) is 6.54 Å². The number of hydrogen-bond donors (Lipinski definition) is 2. The van der Waals surface area contributed by atoms with E-state index in [0.717, 1.165) is 68.2 Å². The van der Waals surface area contributed by atoms with Crippen LogP contribution in [0.1, 0.15) is 23.2 Å². The lowest BCUT2D eigenvalue weighted by atomic mass is 10.2. The van der Waals surface area contributed by atoms with Gasteiger partial charge in [-0.15, -0.1) is 11.3 Å². The molecule has 2 aromatic rings. The number of aliphatic imine (C=N–C) groups is 1. The molecule has 0 unspecified atom stereocenters. The van der Waals surface area contributed by atoms with E-state index in [-0.39, 0.29) is 0 Å². The molecule has 152 valence electrons. The predicted octanol–water partition coefficient (Wildman–Crippen LogP) is 1.90. The fraction of sp³-hybridized carbons (Fsp3) is 0.550. The van der Waals surface area contributed by atoms with E-state index in [1.54, 1.807) is 11.3 Å². The molecule has 2 N–H and O–H groups in total. The van der Waals surface area contributed by atoms with Gasteiger partial charge in [-0.2, -0.15) is 0 Å². The smallest absolute Gasteiger partial charge is 0.191 e. The van der Waals surface area contributed by atoms with E-state index in [4.69, 9.17) is 4.99 Å². The van der Waals surface area contributed by atoms with Crippen LogP contribution in [0.2, 0.25) is 0 Å². The molecule has 2 aromatic heterocycles. The van der Waals surface area contributed by atoms with Crippen LogP contribution in [0.25, 0.3) is 0 Å². The number of hydrogen-bond acceptors (Lipinski definition) is 6. The molecule has 0 radical (unpaired) electrons. The number of likely N-dealkylation sites (N-methyl/N-ethyl adjacent to an activating group) is 1. The number of aromatic nitrogens is 2. The zero-order chi connectivity index (χ0) is 19.8. The Balaban J connectivity index is 1.60. The fourth-order valence-electron chi connectivity index (χ4n) is 3.19. The summed E-state index contributed by atoms with van der Waals surface area (Å²) in [6, 6.07) is 4.13. The summed E-state index contributed by atoms with van der Waals surface area (Å²) < 4.78 is 0. The Morgan fingerprint density at radius 2 is 2.07 bits per heavy atom. The standard InChI is InChI=1S/C20H31N7S/c1-4-21-20(23-9-7-18-15-28-16(2)25-18)24-14-17-6-5-8-22-19(17)27-12-10-26(3)11-13-27/h5-6,8,15H,4,7,9-14H2,1-3H3,(H2,21,23,24). The number of piperazine rings is 1. The maximum absolute atomic E-state index is 4.79. The van der Waals surface area contributed by atoms with Gasteiger partial charge in [0, 0.05) is 62.8 Å². The summed E-state index contributed by atoms with van der Waals surface area (Å²) in [6.07, 6.45) is 2.77. The minimum Gasteiger partial charge on any atom is -0.357 e. The van der Waals surface area contributed by atoms with Crippen molar-refractivity contribution < 1.29 is 0 Å². The van der Waals surface area contributed by atoms with Crippen LogP contribution in [-0.2, 0) is 13.0 Å². The van der Waals surface area contributed by atoms with Gasteiger partial charge in [-0.3, -0.25) is 0 Å². The van der Waals surface area contributed by atoms with E-state index in [1.807, 2.05) is 19.2 Å². The summed E-state index contributed by atoms with van der Waals surface area (Å²) in [7, 11) is 2.17. The van der Waals surface area contributed by atoms with Crippen molar-refractivity contribution in [2.45, 2.75) is 26.8 Å². The molecule has 0 amide bonds. The molecule has 1 aliphatic heterocycles. The Bertz CT molecular complexity index is 765. The molecule has 1 aliphatic rings. The van der Waals surface area contributed by atoms with E-state index < -0.39 is 0 Å². The molecule has 7 nitrogen and oxygen atoms in total. The van der Waals surface area contributed by atoms with Crippen LogP contribution in [0.3, 0.4) is 0 Å². The maximum atomic E-state index is 4.79. The Kier molecular flexibility index (Phi) is 7.62. The molecule has 1 saturated heterocycles. The normalized spacial score (nSPS) is 15.7. The molecule has 28 heavy (non-hydrogen) atoms.